The third-order valence-corrected chi connectivity index (χ3v) is 3.69. The van der Waals surface area contributed by atoms with Crippen molar-refractivity contribution in [1.82, 2.24) is 0 Å². The Bertz CT molecular complexity index is 509. The average molecular weight is 264 g/mol. The molecule has 1 aromatic rings. The van der Waals surface area contributed by atoms with Crippen molar-refractivity contribution in [3.63, 3.8) is 0 Å². The second-order valence-electron chi connectivity index (χ2n) is 4.53. The Morgan fingerprint density at radius 3 is 2.50 bits per heavy atom. The highest BCUT2D eigenvalue weighted by molar-refractivity contribution is 6.30. The fourth-order valence-electron chi connectivity index (χ4n) is 2.17. The molecule has 2 atom stereocenters. The van der Waals surface area contributed by atoms with Crippen molar-refractivity contribution in [3.8, 4) is 0 Å². The van der Waals surface area contributed by atoms with Crippen LogP contribution in [0.2, 0.25) is 5.02 Å². The number of benzene rings is 1. The van der Waals surface area contributed by atoms with Gasteiger partial charge in [-0.2, -0.15) is 0 Å². The van der Waals surface area contributed by atoms with Crippen molar-refractivity contribution in [2.24, 2.45) is 11.3 Å². The van der Waals surface area contributed by atoms with Crippen molar-refractivity contribution in [1.29, 1.82) is 0 Å². The second-order valence-corrected chi connectivity index (χ2v) is 4.97. The van der Waals surface area contributed by atoms with Gasteiger partial charge < -0.3 is 5.32 Å². The number of hydrogen-bond acceptors (Lipinski definition) is 2. The lowest BCUT2D eigenvalue weighted by atomic mass is 9.97. The molecule has 1 aliphatic rings. The molecule has 0 aromatic heterocycles. The largest absolute Gasteiger partial charge is 0.325 e. The molecule has 3 nitrogen and oxygen atoms in total. The second kappa shape index (κ2) is 4.58. The summed E-state index contributed by atoms with van der Waals surface area (Å²) in [5.41, 5.74) is -0.277. The fraction of sp³-hybridized carbons (Fsp3) is 0.286. The van der Waals surface area contributed by atoms with Crippen LogP contribution < -0.4 is 5.32 Å². The van der Waals surface area contributed by atoms with E-state index >= 15 is 0 Å². The molecule has 1 aliphatic carbocycles. The molecule has 0 aliphatic heterocycles. The van der Waals surface area contributed by atoms with Gasteiger partial charge in [-0.15, -0.1) is 6.58 Å². The van der Waals surface area contributed by atoms with E-state index in [0.29, 0.717) is 17.1 Å². The van der Waals surface area contributed by atoms with Crippen molar-refractivity contribution >= 4 is 29.0 Å². The van der Waals surface area contributed by atoms with E-state index in [9.17, 15) is 9.59 Å². The van der Waals surface area contributed by atoms with Gasteiger partial charge in [0.05, 0.1) is 0 Å². The van der Waals surface area contributed by atoms with Crippen LogP contribution in [0.1, 0.15) is 13.3 Å². The monoisotopic (exact) mass is 263 g/mol. The molecule has 0 radical (unpaired) electrons. The van der Waals surface area contributed by atoms with Crippen LogP contribution in [-0.2, 0) is 9.59 Å². The highest BCUT2D eigenvalue weighted by Crippen LogP contribution is 2.54. The number of allylic oxidation sites excluding steroid dienone is 1. The van der Waals surface area contributed by atoms with E-state index in [0.717, 1.165) is 0 Å². The van der Waals surface area contributed by atoms with E-state index in [1.165, 1.54) is 6.92 Å². The van der Waals surface area contributed by atoms with Crippen LogP contribution in [0.25, 0.3) is 0 Å². The van der Waals surface area contributed by atoms with Gasteiger partial charge in [0.1, 0.15) is 11.2 Å². The Balaban J connectivity index is 2.15. The van der Waals surface area contributed by atoms with Crippen molar-refractivity contribution < 1.29 is 9.59 Å². The first-order valence-corrected chi connectivity index (χ1v) is 6.09. The van der Waals surface area contributed by atoms with Crippen molar-refractivity contribution in [3.05, 3.63) is 41.9 Å². The fourth-order valence-corrected chi connectivity index (χ4v) is 2.30. The molecule has 2 unspecified atom stereocenters. The summed E-state index contributed by atoms with van der Waals surface area (Å²) >= 11 is 5.77. The molecule has 1 fully saturated rings. The molecular weight excluding hydrogens is 250 g/mol. The van der Waals surface area contributed by atoms with Crippen molar-refractivity contribution in [2.75, 3.05) is 5.32 Å². The zero-order valence-electron chi connectivity index (χ0n) is 10.1. The molecule has 94 valence electrons. The number of amides is 1. The number of hydrogen-bond donors (Lipinski definition) is 1. The summed E-state index contributed by atoms with van der Waals surface area (Å²) in [6, 6.07) is 6.80. The first kappa shape index (κ1) is 12.8. The lowest BCUT2D eigenvalue weighted by Crippen LogP contribution is -2.31. The normalized spacial score (nSPS) is 25.3. The first-order chi connectivity index (χ1) is 8.50. The zero-order valence-corrected chi connectivity index (χ0v) is 10.8. The molecule has 18 heavy (non-hydrogen) atoms. The summed E-state index contributed by atoms with van der Waals surface area (Å²) in [4.78, 5) is 23.8. The van der Waals surface area contributed by atoms with E-state index in [2.05, 4.69) is 11.9 Å². The average Bonchev–Trinajstić information content (AvgIpc) is 3.08. The molecule has 0 saturated heterocycles. The van der Waals surface area contributed by atoms with Crippen LogP contribution in [0, 0.1) is 11.3 Å². The Morgan fingerprint density at radius 2 is 2.06 bits per heavy atom. The van der Waals surface area contributed by atoms with E-state index in [1.54, 1.807) is 30.3 Å². The Labute approximate surface area is 111 Å². The molecule has 0 heterocycles. The van der Waals surface area contributed by atoms with Gasteiger partial charge >= 0.3 is 0 Å². The summed E-state index contributed by atoms with van der Waals surface area (Å²) in [5.74, 6) is -0.427. The summed E-state index contributed by atoms with van der Waals surface area (Å²) in [5, 5.41) is 3.35. The molecule has 4 heteroatoms. The van der Waals surface area contributed by atoms with E-state index in [-0.39, 0.29) is 17.6 Å². The van der Waals surface area contributed by atoms with Crippen LogP contribution >= 0.6 is 11.6 Å². The summed E-state index contributed by atoms with van der Waals surface area (Å²) in [7, 11) is 0. The number of rotatable bonds is 4. The standard InChI is InChI=1S/C14H14ClNO2/c1-3-10-8-14(10,9(2)17)13(18)16-12-6-4-11(15)5-7-12/h3-7,10H,1,8H2,2H3,(H,16,18). The predicted octanol–water partition coefficient (Wildman–Crippen LogP) is 3.06. The predicted molar refractivity (Wildman–Crippen MR) is 71.5 cm³/mol. The highest BCUT2D eigenvalue weighted by atomic mass is 35.5. The van der Waals surface area contributed by atoms with Gasteiger partial charge in [0.2, 0.25) is 5.91 Å². The Kier molecular flexibility index (Phi) is 3.26. The van der Waals surface area contributed by atoms with Gasteiger partial charge in [-0.1, -0.05) is 17.7 Å². The highest BCUT2D eigenvalue weighted by Gasteiger charge is 2.62. The molecule has 1 aromatic carbocycles. The summed E-state index contributed by atoms with van der Waals surface area (Å²) in [6.07, 6.45) is 2.22. The number of carbonyl (C=O) groups is 2. The zero-order chi connectivity index (χ0) is 13.3. The lowest BCUT2D eigenvalue weighted by Gasteiger charge is -2.13. The Hall–Kier alpha value is -1.61. The Morgan fingerprint density at radius 1 is 1.44 bits per heavy atom. The maximum Gasteiger partial charge on any atom is 0.238 e. The van der Waals surface area contributed by atoms with E-state index < -0.39 is 5.41 Å². The van der Waals surface area contributed by atoms with Crippen molar-refractivity contribution in [2.45, 2.75) is 13.3 Å². The molecule has 0 bridgehead atoms. The maximum atomic E-state index is 12.2. The number of Topliss-reactive ketones (excluding diaryl/α,β-unsaturated/α-hetero) is 1. The van der Waals surface area contributed by atoms with Gasteiger partial charge in [0.15, 0.2) is 0 Å². The molecule has 1 amide bonds. The lowest BCUT2D eigenvalue weighted by molar-refractivity contribution is -0.132. The quantitative estimate of drug-likeness (QED) is 0.670. The molecule has 2 rings (SSSR count). The maximum absolute atomic E-state index is 12.2. The first-order valence-electron chi connectivity index (χ1n) is 5.71. The van der Waals surface area contributed by atoms with Gasteiger partial charge in [-0.05, 0) is 43.5 Å². The third-order valence-electron chi connectivity index (χ3n) is 3.43. The van der Waals surface area contributed by atoms with Gasteiger partial charge in [-0.3, -0.25) is 9.59 Å². The number of ketones is 1. The molecule has 1 N–H and O–H groups in total. The topological polar surface area (TPSA) is 46.2 Å². The van der Waals surface area contributed by atoms with Crippen LogP contribution in [0.3, 0.4) is 0 Å². The van der Waals surface area contributed by atoms with Crippen LogP contribution in [0.4, 0.5) is 5.69 Å². The van der Waals surface area contributed by atoms with E-state index in [1.807, 2.05) is 0 Å². The minimum absolute atomic E-state index is 0.0534. The molecule has 0 spiro atoms. The SMILES string of the molecule is C=CC1CC1(C(C)=O)C(=O)Nc1ccc(Cl)cc1. The van der Waals surface area contributed by atoms with Crippen LogP contribution in [0.5, 0.6) is 0 Å². The van der Waals surface area contributed by atoms with Gasteiger partial charge in [-0.25, -0.2) is 0 Å². The van der Waals surface area contributed by atoms with E-state index in [4.69, 9.17) is 11.6 Å². The summed E-state index contributed by atoms with van der Waals surface area (Å²) < 4.78 is 0. The van der Waals surface area contributed by atoms with Gasteiger partial charge in [0, 0.05) is 10.7 Å². The van der Waals surface area contributed by atoms with Gasteiger partial charge in [0.25, 0.3) is 0 Å². The minimum Gasteiger partial charge on any atom is -0.325 e. The molecular formula is C14H14ClNO2. The number of carbonyl (C=O) groups excluding carboxylic acids is 2. The third kappa shape index (κ3) is 2.06. The number of nitrogens with one attached hydrogen (secondary N) is 1. The molecule has 1 saturated carbocycles. The number of halogens is 1. The number of anilines is 1. The van der Waals surface area contributed by atoms with Crippen LogP contribution in [0.15, 0.2) is 36.9 Å². The smallest absolute Gasteiger partial charge is 0.238 e. The minimum atomic E-state index is -0.915. The summed E-state index contributed by atoms with van der Waals surface area (Å²) in [6.45, 7) is 5.10. The van der Waals surface area contributed by atoms with Crippen LogP contribution in [-0.4, -0.2) is 11.7 Å².